The lowest BCUT2D eigenvalue weighted by Crippen LogP contribution is -2.15. The molecule has 2 rings (SSSR count). The van der Waals surface area contributed by atoms with E-state index in [0.29, 0.717) is 17.1 Å². The lowest BCUT2D eigenvalue weighted by molar-refractivity contribution is -0.115. The summed E-state index contributed by atoms with van der Waals surface area (Å²) in [5.74, 6) is 0.540. The summed E-state index contributed by atoms with van der Waals surface area (Å²) < 4.78 is 5.09. The first-order valence-corrected chi connectivity index (χ1v) is 6.10. The lowest BCUT2D eigenvalue weighted by atomic mass is 10.1. The minimum absolute atomic E-state index is 0.135. The number of ether oxygens (including phenoxy) is 1. The lowest BCUT2D eigenvalue weighted by Gasteiger charge is -2.10. The van der Waals surface area contributed by atoms with Crippen LogP contribution >= 0.6 is 0 Å². The number of nitrogen functional groups attached to an aromatic ring is 1. The van der Waals surface area contributed by atoms with Gasteiger partial charge < -0.3 is 20.9 Å². The first-order valence-electron chi connectivity index (χ1n) is 6.10. The van der Waals surface area contributed by atoms with Gasteiger partial charge in [0.2, 0.25) is 5.91 Å². The molecule has 0 atom stereocenters. The van der Waals surface area contributed by atoms with Crippen LogP contribution in [-0.2, 0) is 11.2 Å². The SMILES string of the molecule is COc1ccc(N)c(NC(=O)Cc2cccc(O)c2)c1. The number of nitrogens with two attached hydrogens (primary N) is 1. The Morgan fingerprint density at radius 1 is 1.30 bits per heavy atom. The highest BCUT2D eigenvalue weighted by Crippen LogP contribution is 2.24. The summed E-state index contributed by atoms with van der Waals surface area (Å²) >= 11 is 0. The Hall–Kier alpha value is -2.69. The van der Waals surface area contributed by atoms with Gasteiger partial charge in [-0.2, -0.15) is 0 Å². The summed E-state index contributed by atoms with van der Waals surface area (Å²) in [5.41, 5.74) is 7.50. The van der Waals surface area contributed by atoms with Crippen molar-refractivity contribution in [1.29, 1.82) is 0 Å². The summed E-state index contributed by atoms with van der Waals surface area (Å²) in [6.07, 6.45) is 0.158. The van der Waals surface area contributed by atoms with Gasteiger partial charge in [0.05, 0.1) is 24.9 Å². The van der Waals surface area contributed by atoms with E-state index in [9.17, 15) is 9.90 Å². The molecule has 2 aromatic rings. The topological polar surface area (TPSA) is 84.6 Å². The molecule has 0 aliphatic rings. The maximum atomic E-state index is 12.0. The number of carbonyl (C=O) groups excluding carboxylic acids is 1. The number of hydrogen-bond acceptors (Lipinski definition) is 4. The van der Waals surface area contributed by atoms with Crippen molar-refractivity contribution in [2.45, 2.75) is 6.42 Å². The first-order chi connectivity index (χ1) is 9.58. The molecule has 1 amide bonds. The zero-order chi connectivity index (χ0) is 14.5. The number of anilines is 2. The summed E-state index contributed by atoms with van der Waals surface area (Å²) in [4.78, 5) is 12.0. The van der Waals surface area contributed by atoms with E-state index in [4.69, 9.17) is 10.5 Å². The Labute approximate surface area is 117 Å². The Bertz CT molecular complexity index is 626. The Morgan fingerprint density at radius 2 is 2.10 bits per heavy atom. The van der Waals surface area contributed by atoms with Crippen LogP contribution in [0.5, 0.6) is 11.5 Å². The Balaban J connectivity index is 2.08. The second kappa shape index (κ2) is 5.97. The molecule has 0 heterocycles. The van der Waals surface area contributed by atoms with Gasteiger partial charge >= 0.3 is 0 Å². The number of phenolic OH excluding ortho intramolecular Hbond substituents is 1. The molecule has 5 nitrogen and oxygen atoms in total. The molecular formula is C15H16N2O3. The van der Waals surface area contributed by atoms with E-state index >= 15 is 0 Å². The number of rotatable bonds is 4. The van der Waals surface area contributed by atoms with E-state index in [1.165, 1.54) is 0 Å². The zero-order valence-corrected chi connectivity index (χ0v) is 11.1. The molecule has 5 heteroatoms. The second-order valence-corrected chi connectivity index (χ2v) is 4.35. The summed E-state index contributed by atoms with van der Waals surface area (Å²) in [6, 6.07) is 11.6. The van der Waals surface area contributed by atoms with Crippen LogP contribution < -0.4 is 15.8 Å². The van der Waals surface area contributed by atoms with Crippen LogP contribution in [0.25, 0.3) is 0 Å². The molecule has 0 radical (unpaired) electrons. The smallest absolute Gasteiger partial charge is 0.228 e. The van der Waals surface area contributed by atoms with E-state index in [2.05, 4.69) is 5.32 Å². The van der Waals surface area contributed by atoms with E-state index in [0.717, 1.165) is 5.56 Å². The highest BCUT2D eigenvalue weighted by molar-refractivity contribution is 5.95. The molecule has 0 aliphatic carbocycles. The van der Waals surface area contributed by atoms with Crippen LogP contribution in [0.3, 0.4) is 0 Å². The number of carbonyl (C=O) groups is 1. The second-order valence-electron chi connectivity index (χ2n) is 4.35. The maximum absolute atomic E-state index is 12.0. The quantitative estimate of drug-likeness (QED) is 0.745. The van der Waals surface area contributed by atoms with Crippen LogP contribution in [0, 0.1) is 0 Å². The largest absolute Gasteiger partial charge is 0.508 e. The predicted molar refractivity (Wildman–Crippen MR) is 77.8 cm³/mol. The number of amides is 1. The van der Waals surface area contributed by atoms with Crippen molar-refractivity contribution in [2.75, 3.05) is 18.2 Å². The number of nitrogens with one attached hydrogen (secondary N) is 1. The number of aromatic hydroxyl groups is 1. The van der Waals surface area contributed by atoms with E-state index in [1.807, 2.05) is 0 Å². The molecule has 4 N–H and O–H groups in total. The highest BCUT2D eigenvalue weighted by Gasteiger charge is 2.08. The highest BCUT2D eigenvalue weighted by atomic mass is 16.5. The van der Waals surface area contributed by atoms with Crippen molar-refractivity contribution in [3.8, 4) is 11.5 Å². The number of benzene rings is 2. The monoisotopic (exact) mass is 272 g/mol. The number of methoxy groups -OCH3 is 1. The number of hydrogen-bond donors (Lipinski definition) is 3. The van der Waals surface area contributed by atoms with Crippen molar-refractivity contribution < 1.29 is 14.6 Å². The van der Waals surface area contributed by atoms with Gasteiger partial charge in [0.15, 0.2) is 0 Å². The zero-order valence-electron chi connectivity index (χ0n) is 11.1. The summed E-state index contributed by atoms with van der Waals surface area (Å²) in [6.45, 7) is 0. The molecule has 0 saturated carbocycles. The third-order valence-electron chi connectivity index (χ3n) is 2.81. The number of phenols is 1. The molecule has 20 heavy (non-hydrogen) atoms. The molecule has 0 bridgehead atoms. The summed E-state index contributed by atoms with van der Waals surface area (Å²) in [7, 11) is 1.55. The van der Waals surface area contributed by atoms with Crippen molar-refractivity contribution in [3.63, 3.8) is 0 Å². The maximum Gasteiger partial charge on any atom is 0.228 e. The van der Waals surface area contributed by atoms with Crippen molar-refractivity contribution in [3.05, 3.63) is 48.0 Å². The van der Waals surface area contributed by atoms with E-state index in [1.54, 1.807) is 49.6 Å². The Morgan fingerprint density at radius 3 is 2.80 bits per heavy atom. The molecule has 0 aromatic heterocycles. The molecule has 2 aromatic carbocycles. The Kier molecular flexibility index (Phi) is 4.10. The van der Waals surface area contributed by atoms with E-state index in [-0.39, 0.29) is 18.1 Å². The van der Waals surface area contributed by atoms with Crippen LogP contribution in [0.1, 0.15) is 5.56 Å². The van der Waals surface area contributed by atoms with Gasteiger partial charge in [-0.3, -0.25) is 4.79 Å². The van der Waals surface area contributed by atoms with Gasteiger partial charge in [0, 0.05) is 6.07 Å². The van der Waals surface area contributed by atoms with Crippen LogP contribution in [0.4, 0.5) is 11.4 Å². The molecule has 0 aliphatic heterocycles. The van der Waals surface area contributed by atoms with Gasteiger partial charge in [-0.25, -0.2) is 0 Å². The fraction of sp³-hybridized carbons (Fsp3) is 0.133. The fourth-order valence-electron chi connectivity index (χ4n) is 1.82. The molecule has 0 unspecified atom stereocenters. The predicted octanol–water partition coefficient (Wildman–Crippen LogP) is 2.16. The molecule has 0 spiro atoms. The average molecular weight is 272 g/mol. The van der Waals surface area contributed by atoms with Crippen molar-refractivity contribution >= 4 is 17.3 Å². The van der Waals surface area contributed by atoms with Gasteiger partial charge in [-0.05, 0) is 29.8 Å². The summed E-state index contributed by atoms with van der Waals surface area (Å²) in [5, 5.41) is 12.1. The van der Waals surface area contributed by atoms with Crippen LogP contribution in [0.2, 0.25) is 0 Å². The minimum Gasteiger partial charge on any atom is -0.508 e. The van der Waals surface area contributed by atoms with Gasteiger partial charge in [-0.1, -0.05) is 12.1 Å². The van der Waals surface area contributed by atoms with Crippen LogP contribution in [-0.4, -0.2) is 18.1 Å². The van der Waals surface area contributed by atoms with Crippen LogP contribution in [0.15, 0.2) is 42.5 Å². The average Bonchev–Trinajstić information content (AvgIpc) is 2.41. The molecule has 104 valence electrons. The molecular weight excluding hydrogens is 256 g/mol. The van der Waals surface area contributed by atoms with Gasteiger partial charge in [0.25, 0.3) is 0 Å². The van der Waals surface area contributed by atoms with E-state index < -0.39 is 0 Å². The first kappa shape index (κ1) is 13.7. The third-order valence-corrected chi connectivity index (χ3v) is 2.81. The van der Waals surface area contributed by atoms with Gasteiger partial charge in [0.1, 0.15) is 11.5 Å². The molecule has 0 saturated heterocycles. The minimum atomic E-state index is -0.212. The third kappa shape index (κ3) is 3.41. The molecule has 0 fully saturated rings. The fourth-order valence-corrected chi connectivity index (χ4v) is 1.82. The van der Waals surface area contributed by atoms with Crippen molar-refractivity contribution in [2.24, 2.45) is 0 Å². The normalized spacial score (nSPS) is 10.1. The standard InChI is InChI=1S/C15H16N2O3/c1-20-12-5-6-13(16)14(9-12)17-15(19)8-10-3-2-4-11(18)7-10/h2-7,9,18H,8,16H2,1H3,(H,17,19). The van der Waals surface area contributed by atoms with Gasteiger partial charge in [-0.15, -0.1) is 0 Å². The van der Waals surface area contributed by atoms with Crippen molar-refractivity contribution in [1.82, 2.24) is 0 Å².